The van der Waals surface area contributed by atoms with E-state index in [9.17, 15) is 4.79 Å². The van der Waals surface area contributed by atoms with E-state index in [4.69, 9.17) is 5.84 Å². The Morgan fingerprint density at radius 2 is 1.72 bits per heavy atom. The second-order valence-electron chi connectivity index (χ2n) is 7.00. The summed E-state index contributed by atoms with van der Waals surface area (Å²) >= 11 is 0. The number of amides is 1. The maximum absolute atomic E-state index is 12.8. The van der Waals surface area contributed by atoms with Gasteiger partial charge in [-0.25, -0.2) is 10.8 Å². The van der Waals surface area contributed by atoms with E-state index in [0.29, 0.717) is 5.82 Å². The Hall–Kier alpha value is -1.88. The van der Waals surface area contributed by atoms with Crippen molar-refractivity contribution < 1.29 is 4.79 Å². The van der Waals surface area contributed by atoms with Gasteiger partial charge in [0.2, 0.25) is 5.91 Å². The molecular weight excluding hydrogens is 312 g/mol. The second kappa shape index (κ2) is 10.2. The highest BCUT2D eigenvalue weighted by Gasteiger charge is 2.20. The van der Waals surface area contributed by atoms with Crippen molar-refractivity contribution in [2.24, 2.45) is 11.8 Å². The third-order valence-electron chi connectivity index (χ3n) is 5.21. The maximum atomic E-state index is 12.8. The van der Waals surface area contributed by atoms with Gasteiger partial charge in [-0.05, 0) is 25.3 Å². The highest BCUT2D eigenvalue weighted by molar-refractivity contribution is 5.94. The van der Waals surface area contributed by atoms with Gasteiger partial charge in [0.1, 0.15) is 5.82 Å². The van der Waals surface area contributed by atoms with Gasteiger partial charge in [0, 0.05) is 11.5 Å². The quantitative estimate of drug-likeness (QED) is 0.542. The molecule has 1 aromatic heterocycles. The number of hydrogen-bond donors (Lipinski definition) is 3. The number of nitrogens with one attached hydrogen (secondary N) is 2. The van der Waals surface area contributed by atoms with Crippen molar-refractivity contribution >= 4 is 23.5 Å². The average Bonchev–Trinajstić information content (AvgIpc) is 2.68. The molecule has 2 rings (SSSR count). The predicted octanol–water partition coefficient (Wildman–Crippen LogP) is 4.79. The molecule has 5 nitrogen and oxygen atoms in total. The summed E-state index contributed by atoms with van der Waals surface area (Å²) in [5.74, 6) is 6.27. The van der Waals surface area contributed by atoms with E-state index in [-0.39, 0.29) is 11.8 Å². The number of nitrogens with zero attached hydrogens (tertiary/aromatic N) is 1. The van der Waals surface area contributed by atoms with Crippen molar-refractivity contribution in [3.05, 3.63) is 23.9 Å². The molecule has 0 unspecified atom stereocenters. The van der Waals surface area contributed by atoms with Crippen molar-refractivity contribution in [3.63, 3.8) is 0 Å². The van der Waals surface area contributed by atoms with Gasteiger partial charge >= 0.3 is 0 Å². The summed E-state index contributed by atoms with van der Waals surface area (Å²) in [6, 6.07) is 0. The van der Waals surface area contributed by atoms with E-state index in [1.54, 1.807) is 12.3 Å². The third-order valence-corrected chi connectivity index (χ3v) is 5.21. The summed E-state index contributed by atoms with van der Waals surface area (Å²) in [5, 5.41) is 3.09. The molecule has 1 aromatic rings. The second-order valence-corrected chi connectivity index (χ2v) is 7.00. The summed E-state index contributed by atoms with van der Waals surface area (Å²) in [5.41, 5.74) is 5.07. The first-order valence-corrected chi connectivity index (χ1v) is 9.57. The van der Waals surface area contributed by atoms with Crippen LogP contribution in [0.25, 0.3) is 6.08 Å². The lowest BCUT2D eigenvalue weighted by Gasteiger charge is -2.18. The minimum absolute atomic E-state index is 0.0944. The molecule has 0 saturated heterocycles. The largest absolute Gasteiger partial charge is 0.324 e. The lowest BCUT2D eigenvalue weighted by Crippen LogP contribution is -2.24. The Morgan fingerprint density at radius 1 is 1.16 bits per heavy atom. The van der Waals surface area contributed by atoms with Gasteiger partial charge in [0.05, 0.1) is 11.9 Å². The van der Waals surface area contributed by atoms with Crippen molar-refractivity contribution in [2.45, 2.75) is 71.1 Å². The summed E-state index contributed by atoms with van der Waals surface area (Å²) in [4.78, 5) is 17.1. The van der Waals surface area contributed by atoms with E-state index in [1.807, 2.05) is 6.92 Å². The molecule has 4 N–H and O–H groups in total. The summed E-state index contributed by atoms with van der Waals surface area (Å²) in [6.07, 6.45) is 15.4. The Morgan fingerprint density at radius 3 is 2.24 bits per heavy atom. The number of nitrogens with two attached hydrogens (primary N) is 1. The number of rotatable bonds is 4. The molecule has 0 aromatic carbocycles. The van der Waals surface area contributed by atoms with Crippen LogP contribution < -0.4 is 16.6 Å². The Kier molecular flexibility index (Phi) is 7.92. The first-order chi connectivity index (χ1) is 12.2. The lowest BCUT2D eigenvalue weighted by molar-refractivity contribution is -0.120. The predicted molar refractivity (Wildman–Crippen MR) is 105 cm³/mol. The van der Waals surface area contributed by atoms with Crippen molar-refractivity contribution in [1.29, 1.82) is 0 Å². The molecule has 138 valence electrons. The number of carbonyl (C=O) groups excluding carboxylic acids is 1. The maximum Gasteiger partial charge on any atom is 0.227 e. The molecule has 0 bridgehead atoms. The van der Waals surface area contributed by atoms with Crippen LogP contribution in [0, 0.1) is 12.8 Å². The molecule has 5 heteroatoms. The summed E-state index contributed by atoms with van der Waals surface area (Å²) in [7, 11) is 0. The van der Waals surface area contributed by atoms with E-state index in [2.05, 4.69) is 22.3 Å². The Bertz CT molecular complexity index is 573. The van der Waals surface area contributed by atoms with Crippen LogP contribution in [0.15, 0.2) is 12.8 Å². The fourth-order valence-electron chi connectivity index (χ4n) is 3.59. The highest BCUT2D eigenvalue weighted by atomic mass is 16.1. The Labute approximate surface area is 151 Å². The van der Waals surface area contributed by atoms with Gasteiger partial charge in [-0.3, -0.25) is 4.79 Å². The van der Waals surface area contributed by atoms with Crippen molar-refractivity contribution in [1.82, 2.24) is 4.98 Å². The van der Waals surface area contributed by atoms with E-state index in [1.165, 1.54) is 38.5 Å². The van der Waals surface area contributed by atoms with Crippen molar-refractivity contribution in [2.75, 3.05) is 10.7 Å². The van der Waals surface area contributed by atoms with Crippen LogP contribution in [0.2, 0.25) is 0 Å². The Balaban J connectivity index is 2.07. The molecule has 0 radical (unpaired) electrons. The molecular formula is C20H32N4O. The van der Waals surface area contributed by atoms with E-state index >= 15 is 0 Å². The minimum atomic E-state index is 0.0944. The smallest absolute Gasteiger partial charge is 0.227 e. The van der Waals surface area contributed by atoms with Crippen LogP contribution in [0.1, 0.15) is 75.3 Å². The standard InChI is InChI=1S/C20H32N4O/c1-3-17-15(2)18(14-22-19(17)24-21)23-20(25)16-12-10-8-6-4-5-7-9-11-13-16/h3,14,16H,1,4-13,21H2,2H3,(H,22,24)(H,23,25). The molecule has 1 saturated carbocycles. The molecule has 1 amide bonds. The van der Waals surface area contributed by atoms with Crippen LogP contribution >= 0.6 is 0 Å². The number of aromatic nitrogens is 1. The van der Waals surface area contributed by atoms with Gasteiger partial charge < -0.3 is 10.7 Å². The van der Waals surface area contributed by atoms with Gasteiger partial charge in [0.25, 0.3) is 0 Å². The zero-order valence-electron chi connectivity index (χ0n) is 15.4. The lowest BCUT2D eigenvalue weighted by atomic mass is 9.94. The van der Waals surface area contributed by atoms with Crippen LogP contribution in [0.3, 0.4) is 0 Å². The molecule has 25 heavy (non-hydrogen) atoms. The normalized spacial score (nSPS) is 17.4. The van der Waals surface area contributed by atoms with Crippen molar-refractivity contribution in [3.8, 4) is 0 Å². The zero-order chi connectivity index (χ0) is 18.1. The van der Waals surface area contributed by atoms with Gasteiger partial charge in [-0.1, -0.05) is 64.0 Å². The molecule has 0 aliphatic heterocycles. The van der Waals surface area contributed by atoms with Crippen LogP contribution in [0.4, 0.5) is 11.5 Å². The van der Waals surface area contributed by atoms with E-state index in [0.717, 1.165) is 42.5 Å². The van der Waals surface area contributed by atoms with Crippen LogP contribution in [-0.2, 0) is 4.79 Å². The van der Waals surface area contributed by atoms with Crippen LogP contribution in [-0.4, -0.2) is 10.9 Å². The number of anilines is 2. The first kappa shape index (κ1) is 19.4. The van der Waals surface area contributed by atoms with Gasteiger partial charge in [0.15, 0.2) is 0 Å². The summed E-state index contributed by atoms with van der Waals surface area (Å²) < 4.78 is 0. The topological polar surface area (TPSA) is 80.0 Å². The number of hydrazine groups is 1. The fraction of sp³-hybridized carbons (Fsp3) is 0.600. The third kappa shape index (κ3) is 5.56. The highest BCUT2D eigenvalue weighted by Crippen LogP contribution is 2.27. The number of carbonyl (C=O) groups is 1. The SMILES string of the molecule is C=Cc1c(NN)ncc(NC(=O)C2CCCCCCCCCC2)c1C. The number of pyridine rings is 1. The molecule has 0 atom stereocenters. The molecule has 1 fully saturated rings. The van der Waals surface area contributed by atoms with Gasteiger partial charge in [-0.15, -0.1) is 0 Å². The monoisotopic (exact) mass is 344 g/mol. The molecule has 1 heterocycles. The first-order valence-electron chi connectivity index (χ1n) is 9.57. The summed E-state index contributed by atoms with van der Waals surface area (Å²) in [6.45, 7) is 5.76. The molecule has 0 spiro atoms. The van der Waals surface area contributed by atoms with Crippen LogP contribution in [0.5, 0.6) is 0 Å². The number of nitrogen functional groups attached to an aromatic ring is 1. The average molecular weight is 345 g/mol. The molecule has 1 aliphatic rings. The zero-order valence-corrected chi connectivity index (χ0v) is 15.4. The number of hydrogen-bond acceptors (Lipinski definition) is 4. The molecule has 1 aliphatic carbocycles. The fourth-order valence-corrected chi connectivity index (χ4v) is 3.59. The minimum Gasteiger partial charge on any atom is -0.324 e. The van der Waals surface area contributed by atoms with E-state index < -0.39 is 0 Å². The van der Waals surface area contributed by atoms with Gasteiger partial charge in [-0.2, -0.15) is 0 Å².